The minimum Gasteiger partial charge on any atom is -0.355 e. The summed E-state index contributed by atoms with van der Waals surface area (Å²) in [4.78, 5) is 28.6. The Hall–Kier alpha value is -4.40. The number of halogens is 3. The lowest BCUT2D eigenvalue weighted by Gasteiger charge is -2.18. The van der Waals surface area contributed by atoms with Crippen LogP contribution in [-0.2, 0) is 6.18 Å². The molecule has 0 bridgehead atoms. The van der Waals surface area contributed by atoms with Gasteiger partial charge in [0, 0.05) is 36.9 Å². The molecule has 2 amide bonds. The molecule has 0 aliphatic rings. The number of fused-ring (bicyclic) bond motifs is 1. The number of nitrogens with one attached hydrogen (secondary N) is 3. The molecule has 6 nitrogen and oxygen atoms in total. The highest BCUT2D eigenvalue weighted by atomic mass is 19.4. The molecule has 0 saturated carbocycles. The molecule has 0 saturated heterocycles. The van der Waals surface area contributed by atoms with Gasteiger partial charge in [0.2, 0.25) is 0 Å². The molecule has 4 aromatic rings. The summed E-state index contributed by atoms with van der Waals surface area (Å²) in [6.07, 6.45) is -3.40. The molecule has 0 unspecified atom stereocenters. The number of rotatable bonds is 5. The Morgan fingerprint density at radius 1 is 0.857 bits per heavy atom. The van der Waals surface area contributed by atoms with E-state index in [2.05, 4.69) is 20.9 Å². The molecule has 0 radical (unpaired) electrons. The zero-order chi connectivity index (χ0) is 25.2. The highest BCUT2D eigenvalue weighted by molar-refractivity contribution is 6.09. The van der Waals surface area contributed by atoms with Crippen LogP contribution < -0.4 is 16.0 Å². The molecular formula is C26H21F3N4O2. The molecule has 3 aromatic carbocycles. The fourth-order valence-electron chi connectivity index (χ4n) is 3.77. The molecule has 0 aliphatic carbocycles. The minimum absolute atomic E-state index is 0.0779. The maximum Gasteiger partial charge on any atom is 0.417 e. The molecule has 4 rings (SSSR count). The van der Waals surface area contributed by atoms with Gasteiger partial charge >= 0.3 is 6.18 Å². The number of benzene rings is 3. The Morgan fingerprint density at radius 2 is 1.51 bits per heavy atom. The third kappa shape index (κ3) is 4.79. The number of hydrogen-bond donors (Lipinski definition) is 3. The number of amides is 2. The normalized spacial score (nSPS) is 11.2. The maximum absolute atomic E-state index is 14.1. The van der Waals surface area contributed by atoms with Gasteiger partial charge in [-0.3, -0.25) is 14.6 Å². The Kier molecular flexibility index (Phi) is 6.42. The van der Waals surface area contributed by atoms with Crippen LogP contribution in [0.4, 0.5) is 24.5 Å². The van der Waals surface area contributed by atoms with Crippen LogP contribution in [0.3, 0.4) is 0 Å². The number of aromatic nitrogens is 1. The van der Waals surface area contributed by atoms with E-state index in [0.29, 0.717) is 22.3 Å². The Balaban J connectivity index is 1.98. The molecule has 178 valence electrons. The average Bonchev–Trinajstić information content (AvgIpc) is 2.87. The number of pyridine rings is 1. The van der Waals surface area contributed by atoms with E-state index in [0.717, 1.165) is 6.07 Å². The summed E-state index contributed by atoms with van der Waals surface area (Å²) >= 11 is 0. The monoisotopic (exact) mass is 478 g/mol. The number of anilines is 2. The van der Waals surface area contributed by atoms with E-state index in [4.69, 9.17) is 0 Å². The summed E-state index contributed by atoms with van der Waals surface area (Å²) in [6, 6.07) is 17.2. The van der Waals surface area contributed by atoms with Crippen LogP contribution in [0.15, 0.2) is 72.9 Å². The number of carbonyl (C=O) groups excluding carboxylic acids is 2. The minimum atomic E-state index is -4.66. The number of hydrogen-bond acceptors (Lipinski definition) is 4. The Labute approximate surface area is 199 Å². The number of alkyl halides is 3. The van der Waals surface area contributed by atoms with Crippen LogP contribution in [0.25, 0.3) is 22.0 Å². The molecule has 0 fully saturated rings. The first kappa shape index (κ1) is 23.7. The zero-order valence-electron chi connectivity index (χ0n) is 18.8. The maximum atomic E-state index is 14.1. The topological polar surface area (TPSA) is 83.1 Å². The van der Waals surface area contributed by atoms with Crippen molar-refractivity contribution in [3.8, 4) is 11.1 Å². The largest absolute Gasteiger partial charge is 0.417 e. The smallest absolute Gasteiger partial charge is 0.355 e. The third-order valence-corrected chi connectivity index (χ3v) is 5.51. The van der Waals surface area contributed by atoms with Gasteiger partial charge in [0.15, 0.2) is 0 Å². The summed E-state index contributed by atoms with van der Waals surface area (Å²) in [7, 11) is 2.94. The van der Waals surface area contributed by atoms with Crippen molar-refractivity contribution in [3.05, 3.63) is 89.6 Å². The van der Waals surface area contributed by atoms with Gasteiger partial charge in [-0.05, 0) is 47.5 Å². The fraction of sp³-hybridized carbons (Fsp3) is 0.115. The summed E-state index contributed by atoms with van der Waals surface area (Å²) in [5, 5.41) is 8.52. The van der Waals surface area contributed by atoms with Gasteiger partial charge in [0.25, 0.3) is 11.8 Å². The van der Waals surface area contributed by atoms with E-state index in [1.807, 2.05) is 6.07 Å². The lowest BCUT2D eigenvalue weighted by atomic mass is 9.94. The summed E-state index contributed by atoms with van der Waals surface area (Å²) in [5.74, 6) is -0.783. The van der Waals surface area contributed by atoms with E-state index in [1.54, 1.807) is 24.3 Å². The quantitative estimate of drug-likeness (QED) is 0.360. The van der Waals surface area contributed by atoms with E-state index in [1.165, 1.54) is 50.6 Å². The highest BCUT2D eigenvalue weighted by Gasteiger charge is 2.35. The van der Waals surface area contributed by atoms with Crippen molar-refractivity contribution in [2.45, 2.75) is 6.18 Å². The number of para-hydroxylation sites is 1. The standard InChI is InChI=1S/C26H21F3N4O2/c1-30-24(34)16-10-8-15(9-11-16)18-12-19-22(13-21(18)26(27,28)29)32-14-20(25(35)31-2)23(19)33-17-6-4-3-5-7-17/h3-14H,1-2H3,(H,30,34)(H,31,35)(H,32,33). The van der Waals surface area contributed by atoms with E-state index < -0.39 is 17.6 Å². The van der Waals surface area contributed by atoms with Crippen molar-refractivity contribution in [2.24, 2.45) is 0 Å². The predicted octanol–water partition coefficient (Wildman–Crippen LogP) is 5.38. The first-order valence-corrected chi connectivity index (χ1v) is 10.6. The summed E-state index contributed by atoms with van der Waals surface area (Å²) in [5.41, 5.74) is 0.866. The highest BCUT2D eigenvalue weighted by Crippen LogP contribution is 2.41. The first-order valence-electron chi connectivity index (χ1n) is 10.6. The molecule has 0 aliphatic heterocycles. The van der Waals surface area contributed by atoms with Gasteiger partial charge in [-0.15, -0.1) is 0 Å². The van der Waals surface area contributed by atoms with Crippen molar-refractivity contribution in [3.63, 3.8) is 0 Å². The van der Waals surface area contributed by atoms with Crippen molar-refractivity contribution in [2.75, 3.05) is 19.4 Å². The van der Waals surface area contributed by atoms with E-state index in [-0.39, 0.29) is 28.1 Å². The summed E-state index contributed by atoms with van der Waals surface area (Å²) in [6.45, 7) is 0. The third-order valence-electron chi connectivity index (χ3n) is 5.51. The van der Waals surface area contributed by atoms with Crippen LogP contribution in [0, 0.1) is 0 Å². The van der Waals surface area contributed by atoms with Crippen LogP contribution in [0.2, 0.25) is 0 Å². The second-order valence-corrected chi connectivity index (χ2v) is 7.69. The Morgan fingerprint density at radius 3 is 2.11 bits per heavy atom. The van der Waals surface area contributed by atoms with Crippen LogP contribution in [0.5, 0.6) is 0 Å². The van der Waals surface area contributed by atoms with Crippen molar-refractivity contribution < 1.29 is 22.8 Å². The van der Waals surface area contributed by atoms with Gasteiger partial charge in [0.1, 0.15) is 0 Å². The SMILES string of the molecule is CNC(=O)c1ccc(-c2cc3c(Nc4ccccc4)c(C(=O)NC)cnc3cc2C(F)(F)F)cc1. The van der Waals surface area contributed by atoms with Crippen LogP contribution in [-0.4, -0.2) is 30.9 Å². The van der Waals surface area contributed by atoms with Gasteiger partial charge in [0.05, 0.1) is 22.3 Å². The van der Waals surface area contributed by atoms with Crippen LogP contribution in [0.1, 0.15) is 26.3 Å². The lowest BCUT2D eigenvalue weighted by molar-refractivity contribution is -0.137. The molecule has 1 aromatic heterocycles. The molecular weight excluding hydrogens is 457 g/mol. The molecule has 1 heterocycles. The molecule has 35 heavy (non-hydrogen) atoms. The van der Waals surface area contributed by atoms with Gasteiger partial charge in [-0.2, -0.15) is 13.2 Å². The zero-order valence-corrected chi connectivity index (χ0v) is 18.8. The van der Waals surface area contributed by atoms with Gasteiger partial charge < -0.3 is 16.0 Å². The lowest BCUT2D eigenvalue weighted by Crippen LogP contribution is -2.19. The van der Waals surface area contributed by atoms with E-state index >= 15 is 0 Å². The summed E-state index contributed by atoms with van der Waals surface area (Å²) < 4.78 is 42.2. The van der Waals surface area contributed by atoms with Crippen molar-refractivity contribution in [1.82, 2.24) is 15.6 Å². The fourth-order valence-corrected chi connectivity index (χ4v) is 3.77. The molecule has 0 atom stereocenters. The molecule has 9 heteroatoms. The average molecular weight is 478 g/mol. The predicted molar refractivity (Wildman–Crippen MR) is 129 cm³/mol. The number of nitrogens with zero attached hydrogens (tertiary/aromatic N) is 1. The molecule has 3 N–H and O–H groups in total. The first-order chi connectivity index (χ1) is 16.7. The van der Waals surface area contributed by atoms with Crippen molar-refractivity contribution in [1.29, 1.82) is 0 Å². The van der Waals surface area contributed by atoms with Gasteiger partial charge in [-0.1, -0.05) is 30.3 Å². The van der Waals surface area contributed by atoms with E-state index in [9.17, 15) is 22.8 Å². The van der Waals surface area contributed by atoms with Crippen molar-refractivity contribution >= 4 is 34.1 Å². The van der Waals surface area contributed by atoms with Gasteiger partial charge in [-0.25, -0.2) is 0 Å². The second kappa shape index (κ2) is 9.46. The second-order valence-electron chi connectivity index (χ2n) is 7.69. The number of carbonyl (C=O) groups is 2. The molecule has 0 spiro atoms. The van der Waals surface area contributed by atoms with Crippen LogP contribution >= 0.6 is 0 Å². The Bertz CT molecular complexity index is 1400.